The lowest BCUT2D eigenvalue weighted by molar-refractivity contribution is 0.0550. The molecule has 5 aromatic rings. The molecule has 2 aromatic heterocycles. The van der Waals surface area contributed by atoms with Crippen LogP contribution in [0.2, 0.25) is 0 Å². The predicted molar refractivity (Wildman–Crippen MR) is 164 cm³/mol. The largest absolute Gasteiger partial charge is 0.491 e. The summed E-state index contributed by atoms with van der Waals surface area (Å²) in [4.78, 5) is 43.4. The first-order chi connectivity index (χ1) is 20.2. The lowest BCUT2D eigenvalue weighted by Gasteiger charge is -2.22. The smallest absolute Gasteiger partial charge is 0.419 e. The minimum absolute atomic E-state index is 0.0341. The van der Waals surface area contributed by atoms with E-state index in [0.29, 0.717) is 34.2 Å². The van der Waals surface area contributed by atoms with E-state index in [9.17, 15) is 22.8 Å². The van der Waals surface area contributed by atoms with E-state index in [1.165, 1.54) is 9.13 Å². The third-order valence-electron chi connectivity index (χ3n) is 6.66. The van der Waals surface area contributed by atoms with Crippen LogP contribution in [0, 0.1) is 0 Å². The highest BCUT2D eigenvalue weighted by atomic mass is 32.2. The molecule has 2 heterocycles. The predicted octanol–water partition coefficient (Wildman–Crippen LogP) is 3.92. The summed E-state index contributed by atoms with van der Waals surface area (Å²) in [5.74, 6) is 0.305. The second-order valence-corrected chi connectivity index (χ2v) is 13.1. The van der Waals surface area contributed by atoms with E-state index < -0.39 is 32.9 Å². The molecule has 12 nitrogen and oxygen atoms in total. The number of carbonyl (C=O) groups excluding carboxylic acids is 1. The van der Waals surface area contributed by atoms with Crippen LogP contribution >= 0.6 is 0 Å². The number of hydrogen-bond donors (Lipinski definition) is 0. The normalized spacial score (nSPS) is 12.6. The van der Waals surface area contributed by atoms with Crippen LogP contribution in [0.5, 0.6) is 5.75 Å². The zero-order valence-corrected chi connectivity index (χ0v) is 25.6. The van der Waals surface area contributed by atoms with Crippen LogP contribution in [0.15, 0.2) is 56.5 Å². The molecule has 0 aliphatic rings. The fraction of sp³-hybridized carbons (Fsp3) is 0.367. The van der Waals surface area contributed by atoms with Gasteiger partial charge in [-0.25, -0.2) is 9.36 Å². The van der Waals surface area contributed by atoms with Gasteiger partial charge in [0.25, 0.3) is 21.2 Å². The number of benzene rings is 3. The number of para-hydroxylation sites is 2. The second-order valence-electron chi connectivity index (χ2n) is 11.5. The van der Waals surface area contributed by atoms with Gasteiger partial charge in [-0.3, -0.25) is 18.3 Å². The third kappa shape index (κ3) is 6.01. The Bertz CT molecular complexity index is 2120. The third-order valence-corrected chi connectivity index (χ3v) is 7.26. The van der Waals surface area contributed by atoms with Crippen LogP contribution in [0.4, 0.5) is 4.79 Å². The molecule has 0 saturated heterocycles. The molecule has 13 heteroatoms. The average Bonchev–Trinajstić information content (AvgIpc) is 3.16. The van der Waals surface area contributed by atoms with E-state index in [0.717, 1.165) is 6.26 Å². The Morgan fingerprint density at radius 2 is 1.67 bits per heavy atom. The standard InChI is InChI=1S/C30H33N3O9S/c1-30(2,3)42-29(36)33-21-9-7-8-10-22(21)41-26-24-23(27(34)32(28(24)35)14-13-31(4)5)20-17-18(11-12-19(20)25(26)33)39-15-16-40-43(6,37)38/h7-12,17H,13-16H2,1-6H3. The van der Waals surface area contributed by atoms with Crippen molar-refractivity contribution in [2.45, 2.75) is 32.9 Å². The number of likely N-dealkylation sites (N-methyl/N-ethyl adjacent to an activating group) is 1. The van der Waals surface area contributed by atoms with Gasteiger partial charge in [0.15, 0.2) is 11.2 Å². The van der Waals surface area contributed by atoms with Crippen molar-refractivity contribution in [1.82, 2.24) is 14.0 Å². The molecule has 0 atom stereocenters. The molecule has 5 rings (SSSR count). The molecule has 0 amide bonds. The minimum Gasteiger partial charge on any atom is -0.491 e. The van der Waals surface area contributed by atoms with Crippen LogP contribution in [0.3, 0.4) is 0 Å². The molecule has 0 N–H and O–H groups in total. The first kappa shape index (κ1) is 30.3. The van der Waals surface area contributed by atoms with Crippen LogP contribution in [0.1, 0.15) is 20.8 Å². The number of rotatable bonds is 8. The summed E-state index contributed by atoms with van der Waals surface area (Å²) >= 11 is 0. The topological polar surface area (TPSA) is 139 Å². The van der Waals surface area contributed by atoms with E-state index in [1.54, 1.807) is 63.2 Å². The highest BCUT2D eigenvalue weighted by Crippen LogP contribution is 2.37. The molecule has 0 aliphatic carbocycles. The van der Waals surface area contributed by atoms with Gasteiger partial charge < -0.3 is 18.8 Å². The highest BCUT2D eigenvalue weighted by molar-refractivity contribution is 7.85. The molecule has 0 fully saturated rings. The number of ether oxygens (including phenoxy) is 2. The fourth-order valence-corrected chi connectivity index (χ4v) is 5.30. The Hall–Kier alpha value is -4.20. The number of fused-ring (bicyclic) bond motifs is 7. The molecular weight excluding hydrogens is 578 g/mol. The van der Waals surface area contributed by atoms with E-state index in [-0.39, 0.29) is 41.6 Å². The van der Waals surface area contributed by atoms with Gasteiger partial charge in [-0.2, -0.15) is 8.42 Å². The van der Waals surface area contributed by atoms with Crippen molar-refractivity contribution in [3.63, 3.8) is 0 Å². The molecule has 0 radical (unpaired) electrons. The average molecular weight is 612 g/mol. The summed E-state index contributed by atoms with van der Waals surface area (Å²) in [5.41, 5.74) is -0.821. The van der Waals surface area contributed by atoms with E-state index in [4.69, 9.17) is 18.1 Å². The SMILES string of the molecule is CN(C)CCn1c(=O)c2c3cc(OCCOS(C)(=O)=O)ccc3c3c(oc4ccccc4n3C(=O)OC(C)(C)C)c2c1=O. The number of aromatic nitrogens is 2. The van der Waals surface area contributed by atoms with Crippen molar-refractivity contribution < 1.29 is 31.3 Å². The molecule has 0 aliphatic heterocycles. The van der Waals surface area contributed by atoms with Gasteiger partial charge in [0.05, 0.1) is 22.5 Å². The number of carbonyl (C=O) groups is 1. The Balaban J connectivity index is 1.88. The van der Waals surface area contributed by atoms with Gasteiger partial charge in [0.2, 0.25) is 0 Å². The highest BCUT2D eigenvalue weighted by Gasteiger charge is 2.28. The Morgan fingerprint density at radius 1 is 0.977 bits per heavy atom. The van der Waals surface area contributed by atoms with Crippen molar-refractivity contribution >= 4 is 60.0 Å². The monoisotopic (exact) mass is 611 g/mol. The van der Waals surface area contributed by atoms with Crippen LogP contribution in [0.25, 0.3) is 43.7 Å². The number of nitrogens with zero attached hydrogens (tertiary/aromatic N) is 3. The molecule has 0 unspecified atom stereocenters. The summed E-state index contributed by atoms with van der Waals surface area (Å²) in [7, 11) is 0.0282. The summed E-state index contributed by atoms with van der Waals surface area (Å²) in [6, 6.07) is 11.7. The maximum Gasteiger partial charge on any atom is 0.419 e. The van der Waals surface area contributed by atoms with Gasteiger partial charge in [-0.1, -0.05) is 12.1 Å². The Kier molecular flexibility index (Phi) is 7.84. The summed E-state index contributed by atoms with van der Waals surface area (Å²) in [6.07, 6.45) is 0.252. The van der Waals surface area contributed by atoms with Crippen LogP contribution in [-0.4, -0.2) is 74.3 Å². The molecule has 228 valence electrons. The summed E-state index contributed by atoms with van der Waals surface area (Å²) in [5, 5.41) is 0.965. The summed E-state index contributed by atoms with van der Waals surface area (Å²) < 4.78 is 47.8. The second kappa shape index (κ2) is 11.1. The summed E-state index contributed by atoms with van der Waals surface area (Å²) in [6.45, 7) is 5.53. The molecule has 0 spiro atoms. The zero-order chi connectivity index (χ0) is 31.3. The van der Waals surface area contributed by atoms with Gasteiger partial charge in [0.1, 0.15) is 30.1 Å². The van der Waals surface area contributed by atoms with Gasteiger partial charge in [-0.05, 0) is 65.2 Å². The molecule has 43 heavy (non-hydrogen) atoms. The van der Waals surface area contributed by atoms with Gasteiger partial charge in [-0.15, -0.1) is 0 Å². The first-order valence-electron chi connectivity index (χ1n) is 13.6. The van der Waals surface area contributed by atoms with E-state index >= 15 is 0 Å². The van der Waals surface area contributed by atoms with Crippen molar-refractivity contribution in [2.75, 3.05) is 40.1 Å². The quantitative estimate of drug-likeness (QED) is 0.110. The molecule has 0 bridgehead atoms. The zero-order valence-electron chi connectivity index (χ0n) is 24.8. The van der Waals surface area contributed by atoms with Gasteiger partial charge in [0, 0.05) is 23.9 Å². The van der Waals surface area contributed by atoms with E-state index in [1.807, 2.05) is 19.0 Å². The molecular formula is C30H33N3O9S. The lowest BCUT2D eigenvalue weighted by atomic mass is 10.0. The van der Waals surface area contributed by atoms with Crippen molar-refractivity contribution in [2.24, 2.45) is 0 Å². The lowest BCUT2D eigenvalue weighted by Crippen LogP contribution is -2.30. The maximum absolute atomic E-state index is 13.9. The van der Waals surface area contributed by atoms with Crippen molar-refractivity contribution in [3.05, 3.63) is 63.2 Å². The Morgan fingerprint density at radius 3 is 2.35 bits per heavy atom. The maximum atomic E-state index is 13.9. The van der Waals surface area contributed by atoms with E-state index in [2.05, 4.69) is 0 Å². The van der Waals surface area contributed by atoms with Crippen LogP contribution < -0.4 is 15.9 Å². The Labute approximate surface area is 247 Å². The minimum atomic E-state index is -3.65. The van der Waals surface area contributed by atoms with Crippen molar-refractivity contribution in [1.29, 1.82) is 0 Å². The molecule has 0 saturated carbocycles. The molecule has 3 aromatic carbocycles. The van der Waals surface area contributed by atoms with Gasteiger partial charge >= 0.3 is 6.09 Å². The van der Waals surface area contributed by atoms with Crippen molar-refractivity contribution in [3.8, 4) is 5.75 Å². The fourth-order valence-electron chi connectivity index (χ4n) is 4.93. The van der Waals surface area contributed by atoms with Crippen LogP contribution in [-0.2, 0) is 25.6 Å². The first-order valence-corrected chi connectivity index (χ1v) is 15.4. The number of hydrogen-bond acceptors (Lipinski definition) is 10.